The average molecular weight is 439 g/mol. The zero-order valence-corrected chi connectivity index (χ0v) is 16.1. The molecule has 2 amide bonds. The lowest BCUT2D eigenvalue weighted by Gasteiger charge is -2.33. The maximum atomic E-state index is 14.7. The van der Waals surface area contributed by atoms with Gasteiger partial charge in [0.25, 0.3) is 11.8 Å². The van der Waals surface area contributed by atoms with Crippen molar-refractivity contribution < 1.29 is 31.9 Å². The molecule has 1 aromatic carbocycles. The minimum Gasteiger partial charge on any atom is -0.385 e. The van der Waals surface area contributed by atoms with Gasteiger partial charge in [-0.15, -0.1) is 0 Å². The molecule has 12 heteroatoms. The van der Waals surface area contributed by atoms with Gasteiger partial charge in [-0.3, -0.25) is 14.6 Å². The molecule has 1 unspecified atom stereocenters. The number of alkyl halides is 2. The Hall–Kier alpha value is -3.54. The molecule has 164 valence electrons. The third kappa shape index (κ3) is 4.19. The number of ether oxygens (including phenoxy) is 1. The number of aromatic nitrogens is 1. The van der Waals surface area contributed by atoms with Crippen molar-refractivity contribution in [3.8, 4) is 0 Å². The number of nitrogens with one attached hydrogen (secondary N) is 1. The van der Waals surface area contributed by atoms with E-state index >= 15 is 0 Å². The minimum absolute atomic E-state index is 0.127. The van der Waals surface area contributed by atoms with E-state index in [0.29, 0.717) is 0 Å². The van der Waals surface area contributed by atoms with Crippen molar-refractivity contribution in [2.24, 2.45) is 16.5 Å². The molecule has 1 atom stereocenters. The monoisotopic (exact) mass is 439 g/mol. The zero-order chi connectivity index (χ0) is 23.0. The Morgan fingerprint density at radius 1 is 1.19 bits per heavy atom. The molecule has 1 aromatic heterocycles. The van der Waals surface area contributed by atoms with Crippen LogP contribution < -0.4 is 16.8 Å². The standard InChI is InChI=1S/C19H17F4N5O3/c1-18(19(22,23)8-31-7-14(24)28-18)11-5-10(2-3-12(11)20)27-17(30)15-13(21)4-9(6-26-15)16(25)29/h2-6H,7-8H2,1H3,(H2,24,28)(H2,25,29)(H,27,30). The fraction of sp³-hybridized carbons (Fsp3) is 0.263. The molecule has 2 heterocycles. The molecule has 0 saturated carbocycles. The van der Waals surface area contributed by atoms with Gasteiger partial charge in [-0.05, 0) is 31.2 Å². The first-order chi connectivity index (χ1) is 14.4. The highest BCUT2D eigenvalue weighted by Gasteiger charge is 2.54. The largest absolute Gasteiger partial charge is 0.385 e. The molecular weight excluding hydrogens is 422 g/mol. The average Bonchev–Trinajstić information content (AvgIpc) is 2.78. The number of anilines is 1. The lowest BCUT2D eigenvalue weighted by atomic mass is 9.85. The number of rotatable bonds is 4. The number of hydrogen-bond acceptors (Lipinski definition) is 6. The van der Waals surface area contributed by atoms with Gasteiger partial charge in [0.1, 0.15) is 24.9 Å². The molecule has 8 nitrogen and oxygen atoms in total. The number of pyridine rings is 1. The third-order valence-corrected chi connectivity index (χ3v) is 4.70. The Balaban J connectivity index is 1.97. The minimum atomic E-state index is -3.63. The molecule has 1 aliphatic heterocycles. The van der Waals surface area contributed by atoms with E-state index < -0.39 is 52.8 Å². The molecular formula is C19H17F4N5O3. The van der Waals surface area contributed by atoms with Crippen molar-refractivity contribution in [3.05, 3.63) is 58.9 Å². The summed E-state index contributed by atoms with van der Waals surface area (Å²) in [5, 5.41) is 2.25. The SMILES string of the molecule is CC1(c2cc(NC(=O)c3ncc(C(N)=O)cc3F)ccc2F)N=C(N)COCC1(F)F. The number of carbonyl (C=O) groups is 2. The summed E-state index contributed by atoms with van der Waals surface area (Å²) in [5.41, 5.74) is 6.56. The number of benzene rings is 1. The number of aliphatic imine (C=N–C) groups is 1. The van der Waals surface area contributed by atoms with Crippen LogP contribution in [0.1, 0.15) is 33.3 Å². The van der Waals surface area contributed by atoms with Gasteiger partial charge in [0.2, 0.25) is 5.91 Å². The zero-order valence-electron chi connectivity index (χ0n) is 16.1. The van der Waals surface area contributed by atoms with E-state index in [2.05, 4.69) is 15.3 Å². The van der Waals surface area contributed by atoms with Gasteiger partial charge in [-0.2, -0.15) is 0 Å². The van der Waals surface area contributed by atoms with Crippen molar-refractivity contribution in [1.29, 1.82) is 0 Å². The van der Waals surface area contributed by atoms with Crippen LogP contribution in [0.4, 0.5) is 23.2 Å². The van der Waals surface area contributed by atoms with E-state index in [0.717, 1.165) is 37.4 Å². The summed E-state index contributed by atoms with van der Waals surface area (Å²) in [4.78, 5) is 30.7. The van der Waals surface area contributed by atoms with Gasteiger partial charge >= 0.3 is 0 Å². The fourth-order valence-electron chi connectivity index (χ4n) is 2.99. The topological polar surface area (TPSA) is 133 Å². The fourth-order valence-corrected chi connectivity index (χ4v) is 2.99. The first kappa shape index (κ1) is 22.2. The lowest BCUT2D eigenvalue weighted by Crippen LogP contribution is -2.45. The van der Waals surface area contributed by atoms with Crippen LogP contribution in [0, 0.1) is 11.6 Å². The summed E-state index contributed by atoms with van der Waals surface area (Å²) in [6.45, 7) is -0.414. The molecule has 0 radical (unpaired) electrons. The van der Waals surface area contributed by atoms with Gasteiger partial charge in [-0.1, -0.05) is 0 Å². The normalized spacial score (nSPS) is 20.5. The van der Waals surface area contributed by atoms with Crippen LogP contribution in [0.3, 0.4) is 0 Å². The molecule has 31 heavy (non-hydrogen) atoms. The van der Waals surface area contributed by atoms with Crippen molar-refractivity contribution in [2.45, 2.75) is 18.4 Å². The molecule has 0 saturated heterocycles. The van der Waals surface area contributed by atoms with Crippen LogP contribution >= 0.6 is 0 Å². The van der Waals surface area contributed by atoms with E-state index in [1.807, 2.05) is 0 Å². The van der Waals surface area contributed by atoms with Gasteiger partial charge in [-0.25, -0.2) is 22.5 Å². The van der Waals surface area contributed by atoms with Crippen molar-refractivity contribution >= 4 is 23.3 Å². The lowest BCUT2D eigenvalue weighted by molar-refractivity contribution is -0.116. The van der Waals surface area contributed by atoms with Crippen LogP contribution in [0.25, 0.3) is 0 Å². The van der Waals surface area contributed by atoms with Crippen LogP contribution in [0.15, 0.2) is 35.5 Å². The second kappa shape index (κ2) is 7.95. The summed E-state index contributed by atoms with van der Waals surface area (Å²) in [7, 11) is 0. The molecule has 0 aliphatic carbocycles. The van der Waals surface area contributed by atoms with Crippen LogP contribution in [-0.2, 0) is 10.3 Å². The predicted octanol–water partition coefficient (Wildman–Crippen LogP) is 1.95. The summed E-state index contributed by atoms with van der Waals surface area (Å²) >= 11 is 0. The van der Waals surface area contributed by atoms with Crippen LogP contribution in [-0.4, -0.2) is 41.8 Å². The molecule has 5 N–H and O–H groups in total. The quantitative estimate of drug-likeness (QED) is 0.627. The molecule has 3 rings (SSSR count). The summed E-state index contributed by atoms with van der Waals surface area (Å²) < 4.78 is 62.9. The Kier molecular flexibility index (Phi) is 5.68. The van der Waals surface area contributed by atoms with Crippen molar-refractivity contribution in [1.82, 2.24) is 4.98 Å². The second-order valence-corrected chi connectivity index (χ2v) is 6.94. The third-order valence-electron chi connectivity index (χ3n) is 4.70. The maximum Gasteiger partial charge on any atom is 0.299 e. The smallest absolute Gasteiger partial charge is 0.299 e. The van der Waals surface area contributed by atoms with Crippen LogP contribution in [0.2, 0.25) is 0 Å². The molecule has 2 aromatic rings. The molecule has 0 bridgehead atoms. The number of primary amides is 1. The number of nitrogens with two attached hydrogens (primary N) is 2. The summed E-state index contributed by atoms with van der Waals surface area (Å²) in [5.74, 6) is -8.04. The van der Waals surface area contributed by atoms with Crippen molar-refractivity contribution in [2.75, 3.05) is 18.5 Å². The van der Waals surface area contributed by atoms with Gasteiger partial charge in [0.15, 0.2) is 17.1 Å². The molecule has 0 fully saturated rings. The highest BCUT2D eigenvalue weighted by molar-refractivity contribution is 6.03. The van der Waals surface area contributed by atoms with Crippen molar-refractivity contribution in [3.63, 3.8) is 0 Å². The number of amides is 2. The Morgan fingerprint density at radius 3 is 2.55 bits per heavy atom. The van der Waals surface area contributed by atoms with E-state index in [1.54, 1.807) is 0 Å². The number of carbonyl (C=O) groups excluding carboxylic acids is 2. The molecule has 1 aliphatic rings. The van der Waals surface area contributed by atoms with E-state index in [9.17, 15) is 27.2 Å². The highest BCUT2D eigenvalue weighted by Crippen LogP contribution is 2.44. The first-order valence-corrected chi connectivity index (χ1v) is 8.81. The van der Waals surface area contributed by atoms with E-state index in [1.165, 1.54) is 0 Å². The van der Waals surface area contributed by atoms with Gasteiger partial charge < -0.3 is 21.5 Å². The van der Waals surface area contributed by atoms with E-state index in [4.69, 9.17) is 16.2 Å². The van der Waals surface area contributed by atoms with Gasteiger partial charge in [0.05, 0.1) is 5.56 Å². The predicted molar refractivity (Wildman–Crippen MR) is 102 cm³/mol. The Morgan fingerprint density at radius 2 is 1.90 bits per heavy atom. The van der Waals surface area contributed by atoms with Crippen LogP contribution in [0.5, 0.6) is 0 Å². The number of hydrogen-bond donors (Lipinski definition) is 3. The summed E-state index contributed by atoms with van der Waals surface area (Å²) in [6, 6.07) is 3.61. The highest BCUT2D eigenvalue weighted by atomic mass is 19.3. The molecule has 0 spiro atoms. The summed E-state index contributed by atoms with van der Waals surface area (Å²) in [6.07, 6.45) is 0.904. The second-order valence-electron chi connectivity index (χ2n) is 6.94. The Labute approximate surface area is 173 Å². The Bertz CT molecular complexity index is 1090. The van der Waals surface area contributed by atoms with Gasteiger partial charge in [0, 0.05) is 17.4 Å². The van der Waals surface area contributed by atoms with E-state index in [-0.39, 0.29) is 23.7 Å². The maximum absolute atomic E-state index is 14.7. The first-order valence-electron chi connectivity index (χ1n) is 8.81. The number of halogens is 4. The number of amidine groups is 1. The number of nitrogens with zero attached hydrogens (tertiary/aromatic N) is 2.